The average molecular weight is 396 g/mol. The molecule has 0 amide bonds. The zero-order valence-corrected chi connectivity index (χ0v) is 15.6. The Kier molecular flexibility index (Phi) is 4.63. The third-order valence-corrected chi connectivity index (χ3v) is 5.50. The second kappa shape index (κ2) is 6.61. The second-order valence-corrected chi connectivity index (χ2v) is 8.24. The van der Waals surface area contributed by atoms with Gasteiger partial charge in [-0.15, -0.1) is 11.3 Å². The molecule has 3 aromatic rings. The van der Waals surface area contributed by atoms with E-state index < -0.39 is 21.6 Å². The minimum Gasteiger partial charge on any atom is -0.496 e. The van der Waals surface area contributed by atoms with Crippen molar-refractivity contribution in [1.82, 2.24) is 9.97 Å². The van der Waals surface area contributed by atoms with Crippen molar-refractivity contribution in [3.63, 3.8) is 0 Å². The first kappa shape index (κ1) is 18.2. The number of fused-ring (bicyclic) bond motifs is 1. The molecule has 0 aliphatic carbocycles. The highest BCUT2D eigenvalue weighted by molar-refractivity contribution is 7.90. The summed E-state index contributed by atoms with van der Waals surface area (Å²) in [6, 6.07) is 3.81. The number of hydrogen-bond acceptors (Lipinski definition) is 8. The number of benzene rings is 1. The van der Waals surface area contributed by atoms with Gasteiger partial charge in [0.15, 0.2) is 0 Å². The topological polar surface area (TPSA) is 95.5 Å². The molecule has 10 heteroatoms. The zero-order chi connectivity index (χ0) is 19.1. The molecule has 2 aromatic heterocycles. The molecule has 0 atom stereocenters. The Balaban J connectivity index is 2.42. The number of nitrogens with zero attached hydrogens (tertiary/aromatic N) is 2. The molecule has 0 unspecified atom stereocenters. The Hall–Kier alpha value is -2.59. The number of methoxy groups -OCH3 is 2. The van der Waals surface area contributed by atoms with E-state index in [2.05, 4.69) is 9.97 Å². The van der Waals surface area contributed by atoms with E-state index in [1.807, 2.05) is 0 Å². The van der Waals surface area contributed by atoms with E-state index in [9.17, 15) is 17.6 Å². The Morgan fingerprint density at radius 1 is 1.27 bits per heavy atom. The van der Waals surface area contributed by atoms with Gasteiger partial charge in [-0.3, -0.25) is 0 Å². The van der Waals surface area contributed by atoms with Crippen molar-refractivity contribution >= 4 is 37.4 Å². The van der Waals surface area contributed by atoms with Gasteiger partial charge in [-0.2, -0.15) is 0 Å². The molecule has 0 radical (unpaired) electrons. The Bertz CT molecular complexity index is 1130. The summed E-state index contributed by atoms with van der Waals surface area (Å²) in [5, 5.41) is -0.374. The van der Waals surface area contributed by atoms with Crippen molar-refractivity contribution in [2.24, 2.45) is 0 Å². The standard InChI is InChI=1S/C16H13FN2O5S2/c1-23-10-6-8(17)4-5-9(10)12-13-11(25-14(12)15(20)24-2)7-18-16(19-13)26(3,21)22/h4-7H,1-3H3. The lowest BCUT2D eigenvalue weighted by atomic mass is 10.0. The van der Waals surface area contributed by atoms with E-state index in [0.29, 0.717) is 15.8 Å². The highest BCUT2D eigenvalue weighted by atomic mass is 32.2. The Labute approximate surface area is 152 Å². The van der Waals surface area contributed by atoms with E-state index in [-0.39, 0.29) is 21.3 Å². The van der Waals surface area contributed by atoms with Gasteiger partial charge in [0, 0.05) is 29.6 Å². The van der Waals surface area contributed by atoms with Gasteiger partial charge in [-0.25, -0.2) is 27.6 Å². The first-order valence-corrected chi connectivity index (χ1v) is 9.89. The van der Waals surface area contributed by atoms with Gasteiger partial charge in [0.1, 0.15) is 16.4 Å². The van der Waals surface area contributed by atoms with Crippen LogP contribution in [0.5, 0.6) is 5.75 Å². The molecule has 2 heterocycles. The van der Waals surface area contributed by atoms with Crippen LogP contribution in [0.25, 0.3) is 21.3 Å². The van der Waals surface area contributed by atoms with Crippen LogP contribution in [0.3, 0.4) is 0 Å². The summed E-state index contributed by atoms with van der Waals surface area (Å²) in [5.41, 5.74) is 0.940. The van der Waals surface area contributed by atoms with Crippen LogP contribution in [0.1, 0.15) is 9.67 Å². The first-order chi connectivity index (χ1) is 12.3. The van der Waals surface area contributed by atoms with Crippen molar-refractivity contribution in [1.29, 1.82) is 0 Å². The number of sulfone groups is 1. The summed E-state index contributed by atoms with van der Waals surface area (Å²) in [6.07, 6.45) is 2.31. The monoisotopic (exact) mass is 396 g/mol. The summed E-state index contributed by atoms with van der Waals surface area (Å²) < 4.78 is 47.7. The maximum Gasteiger partial charge on any atom is 0.348 e. The van der Waals surface area contributed by atoms with E-state index in [1.54, 1.807) is 0 Å². The molecular weight excluding hydrogens is 383 g/mol. The third-order valence-electron chi connectivity index (χ3n) is 3.54. The van der Waals surface area contributed by atoms with Crippen LogP contribution in [0.2, 0.25) is 0 Å². The number of carbonyl (C=O) groups is 1. The van der Waals surface area contributed by atoms with Crippen LogP contribution >= 0.6 is 11.3 Å². The molecule has 0 saturated heterocycles. The zero-order valence-electron chi connectivity index (χ0n) is 13.9. The van der Waals surface area contributed by atoms with Crippen molar-refractivity contribution in [2.45, 2.75) is 5.16 Å². The second-order valence-electron chi connectivity index (χ2n) is 5.28. The molecule has 26 heavy (non-hydrogen) atoms. The Morgan fingerprint density at radius 2 is 2.00 bits per heavy atom. The lowest BCUT2D eigenvalue weighted by Gasteiger charge is -2.09. The molecule has 0 aliphatic rings. The maximum atomic E-state index is 13.6. The molecule has 7 nitrogen and oxygen atoms in total. The van der Waals surface area contributed by atoms with Gasteiger partial charge in [-0.05, 0) is 12.1 Å². The predicted octanol–water partition coefficient (Wildman–Crippen LogP) is 2.70. The van der Waals surface area contributed by atoms with Crippen LogP contribution in [0, 0.1) is 5.82 Å². The molecule has 0 spiro atoms. The highest BCUT2D eigenvalue weighted by Gasteiger charge is 2.25. The minimum absolute atomic E-state index is 0.175. The van der Waals surface area contributed by atoms with E-state index in [4.69, 9.17) is 9.47 Å². The van der Waals surface area contributed by atoms with Gasteiger partial charge in [0.25, 0.3) is 0 Å². The number of esters is 1. The van der Waals surface area contributed by atoms with Gasteiger partial charge < -0.3 is 9.47 Å². The maximum absolute atomic E-state index is 13.6. The van der Waals surface area contributed by atoms with Gasteiger partial charge in [-0.1, -0.05) is 0 Å². The summed E-state index contributed by atoms with van der Waals surface area (Å²) in [5.74, 6) is -0.971. The molecule has 136 valence electrons. The average Bonchev–Trinajstić information content (AvgIpc) is 2.98. The quantitative estimate of drug-likeness (QED) is 0.494. The number of carbonyl (C=O) groups excluding carboxylic acids is 1. The van der Waals surface area contributed by atoms with Crippen LogP contribution in [-0.4, -0.2) is 44.8 Å². The van der Waals surface area contributed by atoms with Crippen molar-refractivity contribution in [3.05, 3.63) is 35.1 Å². The summed E-state index contributed by atoms with van der Waals surface area (Å²) in [7, 11) is -1.07. The van der Waals surface area contributed by atoms with Crippen molar-refractivity contribution in [2.75, 3.05) is 20.5 Å². The van der Waals surface area contributed by atoms with Crippen molar-refractivity contribution < 1.29 is 27.1 Å². The van der Waals surface area contributed by atoms with E-state index >= 15 is 0 Å². The molecule has 0 fully saturated rings. The molecule has 0 bridgehead atoms. The fraction of sp³-hybridized carbons (Fsp3) is 0.188. The summed E-state index contributed by atoms with van der Waals surface area (Å²) in [4.78, 5) is 20.4. The highest BCUT2D eigenvalue weighted by Crippen LogP contribution is 2.42. The summed E-state index contributed by atoms with van der Waals surface area (Å²) >= 11 is 1.05. The van der Waals surface area contributed by atoms with Crippen LogP contribution in [0.4, 0.5) is 4.39 Å². The van der Waals surface area contributed by atoms with E-state index in [0.717, 1.165) is 17.6 Å². The van der Waals surface area contributed by atoms with Crippen LogP contribution in [-0.2, 0) is 14.6 Å². The molecule has 0 aliphatic heterocycles. The fourth-order valence-corrected chi connectivity index (χ4v) is 3.96. The number of hydrogen-bond donors (Lipinski definition) is 0. The first-order valence-electron chi connectivity index (χ1n) is 7.18. The largest absolute Gasteiger partial charge is 0.496 e. The number of ether oxygens (including phenoxy) is 2. The van der Waals surface area contributed by atoms with Gasteiger partial charge in [0.05, 0.1) is 24.4 Å². The fourth-order valence-electron chi connectivity index (χ4n) is 2.41. The number of aromatic nitrogens is 2. The number of halogens is 1. The lowest BCUT2D eigenvalue weighted by molar-refractivity contribution is 0.0607. The molecule has 3 rings (SSSR count). The number of rotatable bonds is 4. The van der Waals surface area contributed by atoms with Crippen molar-refractivity contribution in [3.8, 4) is 16.9 Å². The predicted molar refractivity (Wildman–Crippen MR) is 93.8 cm³/mol. The SMILES string of the molecule is COC(=O)c1sc2cnc(S(C)(=O)=O)nc2c1-c1ccc(F)cc1OC. The number of thiophene rings is 1. The normalized spacial score (nSPS) is 11.5. The molecule has 1 aromatic carbocycles. The van der Waals surface area contributed by atoms with Crippen LogP contribution in [0.15, 0.2) is 29.6 Å². The van der Waals surface area contributed by atoms with E-state index in [1.165, 1.54) is 38.6 Å². The molecule has 0 saturated carbocycles. The van der Waals surface area contributed by atoms with Gasteiger partial charge >= 0.3 is 5.97 Å². The molecule has 0 N–H and O–H groups in total. The van der Waals surface area contributed by atoms with Crippen LogP contribution < -0.4 is 4.74 Å². The smallest absolute Gasteiger partial charge is 0.348 e. The third kappa shape index (κ3) is 3.13. The Morgan fingerprint density at radius 3 is 2.62 bits per heavy atom. The van der Waals surface area contributed by atoms with Gasteiger partial charge in [0.2, 0.25) is 15.0 Å². The molecular formula is C16H13FN2O5S2. The lowest BCUT2D eigenvalue weighted by Crippen LogP contribution is -2.04. The summed E-state index contributed by atoms with van der Waals surface area (Å²) in [6.45, 7) is 0. The minimum atomic E-state index is -3.66.